The number of aliphatic hydroxyl groups excluding tert-OH is 1. The number of quaternary nitrogens is 2. The van der Waals surface area contributed by atoms with Gasteiger partial charge in [0.25, 0.3) is 0 Å². The van der Waals surface area contributed by atoms with Gasteiger partial charge in [-0.15, -0.1) is 6.58 Å². The molecule has 0 aliphatic carbocycles. The molecule has 1 unspecified atom stereocenters. The molecular weight excluding hydrogens is 408 g/mol. The number of para-hydroxylation sites is 1. The van der Waals surface area contributed by atoms with Crippen molar-refractivity contribution < 1.29 is 33.9 Å². The van der Waals surface area contributed by atoms with Crippen LogP contribution in [0.1, 0.15) is 10.4 Å². The zero-order valence-electron chi connectivity index (χ0n) is 18.5. The monoisotopic (exact) mass is 442 g/mol. The lowest BCUT2D eigenvalue weighted by molar-refractivity contribution is -0.988. The Morgan fingerprint density at radius 3 is 2.44 bits per heavy atom. The number of carbonyl (C=O) groups is 1. The van der Waals surface area contributed by atoms with Gasteiger partial charge in [-0.25, -0.2) is 4.79 Å². The first-order chi connectivity index (χ1) is 15.7. The summed E-state index contributed by atoms with van der Waals surface area (Å²) in [5, 5.41) is 10.3. The number of esters is 1. The van der Waals surface area contributed by atoms with Gasteiger partial charge >= 0.3 is 5.97 Å². The largest absolute Gasteiger partial charge is 0.491 e. The van der Waals surface area contributed by atoms with Crippen LogP contribution in [-0.4, -0.2) is 76.3 Å². The summed E-state index contributed by atoms with van der Waals surface area (Å²) in [6.07, 6.45) is 1.01. The van der Waals surface area contributed by atoms with Crippen LogP contribution in [0.3, 0.4) is 0 Å². The first-order valence-corrected chi connectivity index (χ1v) is 11.2. The van der Waals surface area contributed by atoms with Crippen LogP contribution in [0.4, 0.5) is 5.69 Å². The van der Waals surface area contributed by atoms with E-state index in [1.807, 2.05) is 6.07 Å². The second kappa shape index (κ2) is 13.0. The molecule has 1 aliphatic heterocycles. The van der Waals surface area contributed by atoms with Gasteiger partial charge in [-0.2, -0.15) is 0 Å². The van der Waals surface area contributed by atoms with Gasteiger partial charge in [-0.05, 0) is 36.4 Å². The second-order valence-corrected chi connectivity index (χ2v) is 7.91. The molecule has 7 heteroatoms. The van der Waals surface area contributed by atoms with Gasteiger partial charge in [-0.1, -0.05) is 24.3 Å². The summed E-state index contributed by atoms with van der Waals surface area (Å²) in [5.41, 5.74) is 1.75. The minimum Gasteiger partial charge on any atom is -0.491 e. The molecule has 0 bridgehead atoms. The van der Waals surface area contributed by atoms with Gasteiger partial charge in [0.1, 0.15) is 63.5 Å². The molecule has 1 aliphatic rings. The van der Waals surface area contributed by atoms with E-state index in [-0.39, 0.29) is 6.61 Å². The molecule has 1 fully saturated rings. The normalized spacial score (nSPS) is 19.2. The van der Waals surface area contributed by atoms with E-state index in [1.54, 1.807) is 30.3 Å². The van der Waals surface area contributed by atoms with Crippen LogP contribution in [0.15, 0.2) is 67.3 Å². The highest BCUT2D eigenvalue weighted by Gasteiger charge is 2.26. The molecule has 7 nitrogen and oxygen atoms in total. The summed E-state index contributed by atoms with van der Waals surface area (Å²) in [6, 6.07) is 17.3. The smallest absolute Gasteiger partial charge is 0.338 e. The highest BCUT2D eigenvalue weighted by atomic mass is 16.5. The molecule has 2 aromatic carbocycles. The molecule has 172 valence electrons. The van der Waals surface area contributed by atoms with Crippen molar-refractivity contribution in [3.8, 4) is 5.75 Å². The van der Waals surface area contributed by atoms with E-state index in [1.165, 1.54) is 15.5 Å². The third-order valence-electron chi connectivity index (χ3n) is 5.50. The number of benzene rings is 2. The van der Waals surface area contributed by atoms with Crippen molar-refractivity contribution in [2.24, 2.45) is 0 Å². The van der Waals surface area contributed by atoms with Crippen molar-refractivity contribution in [3.05, 3.63) is 72.8 Å². The third kappa shape index (κ3) is 7.76. The van der Waals surface area contributed by atoms with Crippen molar-refractivity contribution in [1.82, 2.24) is 0 Å². The Balaban J connectivity index is 1.33. The van der Waals surface area contributed by atoms with Crippen LogP contribution in [0.25, 0.3) is 0 Å². The van der Waals surface area contributed by atoms with Crippen molar-refractivity contribution in [2.75, 3.05) is 59.2 Å². The third-order valence-corrected chi connectivity index (χ3v) is 5.50. The average Bonchev–Trinajstić information content (AvgIpc) is 2.84. The summed E-state index contributed by atoms with van der Waals surface area (Å²) < 4.78 is 16.1. The fourth-order valence-corrected chi connectivity index (χ4v) is 3.79. The van der Waals surface area contributed by atoms with Crippen LogP contribution < -0.4 is 14.5 Å². The maximum Gasteiger partial charge on any atom is 0.338 e. The Kier molecular flexibility index (Phi) is 9.71. The van der Waals surface area contributed by atoms with E-state index in [0.717, 1.165) is 26.2 Å². The number of rotatable bonds is 12. The molecule has 2 aromatic rings. The lowest BCUT2D eigenvalue weighted by Crippen LogP contribution is -3.26. The van der Waals surface area contributed by atoms with E-state index >= 15 is 0 Å². The molecule has 0 saturated carbocycles. The quantitative estimate of drug-likeness (QED) is 0.243. The topological polar surface area (TPSA) is 73.9 Å². The van der Waals surface area contributed by atoms with Crippen LogP contribution >= 0.6 is 0 Å². The molecule has 1 saturated heterocycles. The van der Waals surface area contributed by atoms with Crippen molar-refractivity contribution >= 4 is 11.7 Å². The summed E-state index contributed by atoms with van der Waals surface area (Å²) >= 11 is 0. The predicted octanol–water partition coefficient (Wildman–Crippen LogP) is -0.0992. The van der Waals surface area contributed by atoms with Gasteiger partial charge in [0, 0.05) is 0 Å². The SMILES string of the molecule is C=CCOCCOc1ccc(C(=O)OCC(O)C[NH+]2CC[NH+](c3ccccc3)CC2)cc1. The summed E-state index contributed by atoms with van der Waals surface area (Å²) in [6.45, 7) is 9.57. The summed E-state index contributed by atoms with van der Waals surface area (Å²) in [5.74, 6) is 0.211. The van der Waals surface area contributed by atoms with Crippen molar-refractivity contribution in [1.29, 1.82) is 0 Å². The zero-order chi connectivity index (χ0) is 22.6. The molecule has 1 atom stereocenters. The Morgan fingerprint density at radius 1 is 1.03 bits per heavy atom. The molecule has 0 radical (unpaired) electrons. The van der Waals surface area contributed by atoms with E-state index < -0.39 is 12.1 Å². The number of nitrogens with one attached hydrogen (secondary N) is 2. The van der Waals surface area contributed by atoms with E-state index in [2.05, 4.69) is 30.8 Å². The maximum atomic E-state index is 12.3. The van der Waals surface area contributed by atoms with Crippen LogP contribution in [-0.2, 0) is 9.47 Å². The number of piperazine rings is 1. The number of carbonyl (C=O) groups excluding carboxylic acids is 1. The number of aliphatic hydroxyl groups is 1. The molecule has 3 rings (SSSR count). The fourth-order valence-electron chi connectivity index (χ4n) is 3.79. The van der Waals surface area contributed by atoms with Gasteiger partial charge in [-0.3, -0.25) is 4.90 Å². The minimum atomic E-state index is -0.676. The Hall–Kier alpha value is -2.71. The standard InChI is InChI=1S/C25H32N2O5/c1-2-16-30-17-18-31-24-10-8-21(9-11-24)25(29)32-20-23(28)19-26-12-14-27(15-13-26)22-6-4-3-5-7-22/h2-11,23,28H,1,12-20H2/p+2. The number of ether oxygens (including phenoxy) is 3. The van der Waals surface area contributed by atoms with Gasteiger partial charge in [0.2, 0.25) is 0 Å². The number of hydrogen-bond donors (Lipinski definition) is 3. The van der Waals surface area contributed by atoms with Gasteiger partial charge in [0.15, 0.2) is 0 Å². The van der Waals surface area contributed by atoms with Gasteiger partial charge < -0.3 is 24.2 Å². The van der Waals surface area contributed by atoms with E-state index in [4.69, 9.17) is 14.2 Å². The Morgan fingerprint density at radius 2 is 1.75 bits per heavy atom. The van der Waals surface area contributed by atoms with Gasteiger partial charge in [0.05, 0.1) is 18.8 Å². The Bertz CT molecular complexity index is 820. The summed E-state index contributed by atoms with van der Waals surface area (Å²) in [7, 11) is 0. The molecule has 0 spiro atoms. The van der Waals surface area contributed by atoms with Crippen molar-refractivity contribution in [2.45, 2.75) is 6.10 Å². The molecular formula is C25H34N2O5+2. The predicted molar refractivity (Wildman–Crippen MR) is 122 cm³/mol. The molecule has 0 amide bonds. The first-order valence-electron chi connectivity index (χ1n) is 11.2. The minimum absolute atomic E-state index is 0.00349. The molecule has 3 N–H and O–H groups in total. The Labute approximate surface area is 189 Å². The molecule has 0 aromatic heterocycles. The maximum absolute atomic E-state index is 12.3. The fraction of sp³-hybridized carbons (Fsp3) is 0.400. The van der Waals surface area contributed by atoms with Crippen LogP contribution in [0.5, 0.6) is 5.75 Å². The highest BCUT2D eigenvalue weighted by Crippen LogP contribution is 2.13. The molecule has 1 heterocycles. The highest BCUT2D eigenvalue weighted by molar-refractivity contribution is 5.89. The van der Waals surface area contributed by atoms with Crippen molar-refractivity contribution in [3.63, 3.8) is 0 Å². The van der Waals surface area contributed by atoms with E-state index in [9.17, 15) is 9.90 Å². The van der Waals surface area contributed by atoms with Crippen LogP contribution in [0, 0.1) is 0 Å². The second-order valence-electron chi connectivity index (χ2n) is 7.91. The number of hydrogen-bond acceptors (Lipinski definition) is 5. The molecule has 32 heavy (non-hydrogen) atoms. The zero-order valence-corrected chi connectivity index (χ0v) is 18.5. The first kappa shape index (κ1) is 23.9. The van der Waals surface area contributed by atoms with Crippen LogP contribution in [0.2, 0.25) is 0 Å². The summed E-state index contributed by atoms with van der Waals surface area (Å²) in [4.78, 5) is 15.1. The van der Waals surface area contributed by atoms with E-state index in [0.29, 0.717) is 37.7 Å². The lowest BCUT2D eigenvalue weighted by atomic mass is 10.2. The average molecular weight is 443 g/mol. The lowest BCUT2D eigenvalue weighted by Gasteiger charge is -2.30.